The molecule has 0 saturated carbocycles. The van der Waals surface area contributed by atoms with Crippen molar-refractivity contribution in [1.29, 1.82) is 0 Å². The van der Waals surface area contributed by atoms with E-state index in [1.807, 2.05) is 50.2 Å². The van der Waals surface area contributed by atoms with Crippen LogP contribution in [0.3, 0.4) is 0 Å². The average Bonchev–Trinajstić information content (AvgIpc) is 2.80. The Balaban J connectivity index is 1.89. The summed E-state index contributed by atoms with van der Waals surface area (Å²) >= 11 is 3.48. The molecule has 170 valence electrons. The van der Waals surface area contributed by atoms with Crippen molar-refractivity contribution in [1.82, 2.24) is 0 Å². The number of ether oxygens (including phenoxy) is 2. The van der Waals surface area contributed by atoms with Gasteiger partial charge in [-0.2, -0.15) is 0 Å². The van der Waals surface area contributed by atoms with Crippen LogP contribution in [-0.2, 0) is 11.2 Å². The minimum Gasteiger partial charge on any atom is -0.490 e. The lowest BCUT2D eigenvalue weighted by molar-refractivity contribution is -0.118. The first-order chi connectivity index (χ1) is 15.9. The van der Waals surface area contributed by atoms with Crippen molar-refractivity contribution in [2.75, 3.05) is 18.1 Å². The maximum absolute atomic E-state index is 13.4. The van der Waals surface area contributed by atoms with Crippen molar-refractivity contribution in [3.05, 3.63) is 87.4 Å². The molecule has 1 N–H and O–H groups in total. The zero-order valence-electron chi connectivity index (χ0n) is 18.4. The zero-order chi connectivity index (χ0) is 23.5. The summed E-state index contributed by atoms with van der Waals surface area (Å²) in [4.78, 5) is 26.5. The fourth-order valence-electron chi connectivity index (χ4n) is 4.12. The molecule has 1 amide bonds. The van der Waals surface area contributed by atoms with E-state index in [2.05, 4.69) is 15.9 Å². The highest BCUT2D eigenvalue weighted by Crippen LogP contribution is 2.43. The summed E-state index contributed by atoms with van der Waals surface area (Å²) in [5.74, 6) is 0.173. The first-order valence-electron chi connectivity index (χ1n) is 10.8. The van der Waals surface area contributed by atoms with Crippen LogP contribution in [0.5, 0.6) is 11.5 Å². The highest BCUT2D eigenvalue weighted by molar-refractivity contribution is 9.10. The average molecular weight is 510 g/mol. The van der Waals surface area contributed by atoms with Crippen molar-refractivity contribution in [3.8, 4) is 11.5 Å². The van der Waals surface area contributed by atoms with E-state index in [1.54, 1.807) is 17.0 Å². The summed E-state index contributed by atoms with van der Waals surface area (Å²) in [7, 11) is 0. The van der Waals surface area contributed by atoms with E-state index in [-0.39, 0.29) is 17.9 Å². The number of anilines is 1. The van der Waals surface area contributed by atoms with Crippen LogP contribution in [0.1, 0.15) is 46.9 Å². The van der Waals surface area contributed by atoms with Crippen LogP contribution >= 0.6 is 15.9 Å². The van der Waals surface area contributed by atoms with Crippen LogP contribution in [0.15, 0.2) is 65.1 Å². The van der Waals surface area contributed by atoms with Crippen molar-refractivity contribution in [2.45, 2.75) is 26.3 Å². The van der Waals surface area contributed by atoms with Crippen molar-refractivity contribution in [2.24, 2.45) is 0 Å². The number of rotatable bonds is 7. The Labute approximate surface area is 200 Å². The third-order valence-electron chi connectivity index (χ3n) is 5.55. The maximum atomic E-state index is 13.4. The van der Waals surface area contributed by atoms with Crippen molar-refractivity contribution >= 4 is 33.5 Å². The number of carbonyl (C=O) groups excluding carboxylic acids is 1. The number of amides is 1. The zero-order valence-corrected chi connectivity index (χ0v) is 20.0. The van der Waals surface area contributed by atoms with Gasteiger partial charge >= 0.3 is 5.97 Å². The van der Waals surface area contributed by atoms with Gasteiger partial charge in [0.25, 0.3) is 0 Å². The molecular formula is C26H24BrNO5. The van der Waals surface area contributed by atoms with Crippen LogP contribution in [0, 0.1) is 0 Å². The van der Waals surface area contributed by atoms with Gasteiger partial charge in [0.15, 0.2) is 11.5 Å². The topological polar surface area (TPSA) is 76.1 Å². The third kappa shape index (κ3) is 4.59. The SMILES string of the molecule is CCOc1cc2c(cc1OCC)C(c1ccc(Br)cc1)N(c1ccc(C(=O)O)cc1)C(=O)C2. The second-order valence-corrected chi connectivity index (χ2v) is 8.53. The van der Waals surface area contributed by atoms with Gasteiger partial charge in [-0.25, -0.2) is 4.79 Å². The molecule has 0 saturated heterocycles. The fraction of sp³-hybridized carbons (Fsp3) is 0.231. The number of hydrogen-bond acceptors (Lipinski definition) is 4. The first-order valence-corrected chi connectivity index (χ1v) is 11.6. The van der Waals surface area contributed by atoms with Crippen LogP contribution in [0.2, 0.25) is 0 Å². The molecule has 1 atom stereocenters. The lowest BCUT2D eigenvalue weighted by Crippen LogP contribution is -2.41. The summed E-state index contributed by atoms with van der Waals surface area (Å²) in [6, 6.07) is 17.7. The van der Waals surface area contributed by atoms with Crippen LogP contribution in [0.25, 0.3) is 0 Å². The normalized spacial score (nSPS) is 15.2. The van der Waals surface area contributed by atoms with Gasteiger partial charge in [0.05, 0.1) is 31.2 Å². The molecule has 6 nitrogen and oxygen atoms in total. The van der Waals surface area contributed by atoms with Crippen molar-refractivity contribution in [3.63, 3.8) is 0 Å². The number of benzene rings is 3. The Kier molecular flexibility index (Phi) is 6.70. The number of carboxylic acids is 1. The molecule has 1 unspecified atom stereocenters. The molecular weight excluding hydrogens is 486 g/mol. The highest BCUT2D eigenvalue weighted by Gasteiger charge is 2.36. The van der Waals surface area contributed by atoms with Gasteiger partial charge in [0.1, 0.15) is 0 Å². The second-order valence-electron chi connectivity index (χ2n) is 7.61. The summed E-state index contributed by atoms with van der Waals surface area (Å²) in [6.07, 6.45) is 0.204. The summed E-state index contributed by atoms with van der Waals surface area (Å²) in [5, 5.41) is 9.26. The molecule has 0 spiro atoms. The number of carboxylic acid groups (broad SMARTS) is 1. The largest absolute Gasteiger partial charge is 0.490 e. The molecule has 0 bridgehead atoms. The van der Waals surface area contributed by atoms with Gasteiger partial charge < -0.3 is 19.5 Å². The Morgan fingerprint density at radius 3 is 2.18 bits per heavy atom. The highest BCUT2D eigenvalue weighted by atomic mass is 79.9. The molecule has 33 heavy (non-hydrogen) atoms. The molecule has 1 heterocycles. The van der Waals surface area contributed by atoms with E-state index < -0.39 is 12.0 Å². The minimum atomic E-state index is -1.01. The predicted molar refractivity (Wildman–Crippen MR) is 129 cm³/mol. The van der Waals surface area contributed by atoms with Crippen LogP contribution in [0.4, 0.5) is 5.69 Å². The Hall–Kier alpha value is -3.32. The molecule has 4 rings (SSSR count). The lowest BCUT2D eigenvalue weighted by Gasteiger charge is -2.38. The van der Waals surface area contributed by atoms with E-state index in [0.29, 0.717) is 30.4 Å². The summed E-state index contributed by atoms with van der Waals surface area (Å²) in [5.41, 5.74) is 3.57. The van der Waals surface area contributed by atoms with Gasteiger partial charge in [0.2, 0.25) is 5.91 Å². The molecule has 3 aromatic rings. The standard InChI is InChI=1S/C26H24BrNO5/c1-3-32-22-13-18-14-24(29)28(20-11-7-17(8-12-20)26(30)31)25(16-5-9-19(27)10-6-16)21(18)15-23(22)33-4-2/h5-13,15,25H,3-4,14H2,1-2H3,(H,30,31). The molecule has 0 aromatic heterocycles. The number of halogens is 1. The number of hydrogen-bond donors (Lipinski definition) is 1. The van der Waals surface area contributed by atoms with Gasteiger partial charge in [-0.05, 0) is 79.1 Å². The number of aromatic carboxylic acids is 1. The molecule has 1 aliphatic rings. The molecule has 0 aliphatic carbocycles. The molecule has 0 fully saturated rings. The summed E-state index contributed by atoms with van der Waals surface area (Å²) in [6.45, 7) is 4.81. The molecule has 0 radical (unpaired) electrons. The van der Waals surface area contributed by atoms with E-state index in [0.717, 1.165) is 21.2 Å². The summed E-state index contributed by atoms with van der Waals surface area (Å²) < 4.78 is 12.6. The van der Waals surface area contributed by atoms with Gasteiger partial charge in [0, 0.05) is 10.2 Å². The smallest absolute Gasteiger partial charge is 0.335 e. The monoisotopic (exact) mass is 509 g/mol. The third-order valence-corrected chi connectivity index (χ3v) is 6.08. The van der Waals surface area contributed by atoms with E-state index in [1.165, 1.54) is 12.1 Å². The number of carbonyl (C=O) groups is 2. The Morgan fingerprint density at radius 1 is 1.00 bits per heavy atom. The Bertz CT molecular complexity index is 1170. The van der Waals surface area contributed by atoms with Crippen LogP contribution < -0.4 is 14.4 Å². The predicted octanol–water partition coefficient (Wildman–Crippen LogP) is 5.62. The fourth-order valence-corrected chi connectivity index (χ4v) is 4.39. The number of nitrogens with zero attached hydrogens (tertiary/aromatic N) is 1. The van der Waals surface area contributed by atoms with Gasteiger partial charge in [-0.1, -0.05) is 28.1 Å². The molecule has 7 heteroatoms. The van der Waals surface area contributed by atoms with E-state index >= 15 is 0 Å². The lowest BCUT2D eigenvalue weighted by atomic mass is 9.86. The Morgan fingerprint density at radius 2 is 1.61 bits per heavy atom. The van der Waals surface area contributed by atoms with Crippen LogP contribution in [-0.4, -0.2) is 30.2 Å². The maximum Gasteiger partial charge on any atom is 0.335 e. The quantitative estimate of drug-likeness (QED) is 0.447. The molecule has 1 aliphatic heterocycles. The number of fused-ring (bicyclic) bond motifs is 1. The van der Waals surface area contributed by atoms with E-state index in [4.69, 9.17) is 9.47 Å². The minimum absolute atomic E-state index is 0.0786. The van der Waals surface area contributed by atoms with E-state index in [9.17, 15) is 14.7 Å². The van der Waals surface area contributed by atoms with Gasteiger partial charge in [-0.3, -0.25) is 4.79 Å². The first kappa shape index (κ1) is 22.9. The van der Waals surface area contributed by atoms with Gasteiger partial charge in [-0.15, -0.1) is 0 Å². The van der Waals surface area contributed by atoms with Crippen molar-refractivity contribution < 1.29 is 24.2 Å². The molecule has 3 aromatic carbocycles. The second kappa shape index (κ2) is 9.67.